The van der Waals surface area contributed by atoms with Gasteiger partial charge in [0.2, 0.25) is 0 Å². The van der Waals surface area contributed by atoms with Gasteiger partial charge in [0.1, 0.15) is 26.2 Å². The zero-order chi connectivity index (χ0) is 14.1. The van der Waals surface area contributed by atoms with Crippen molar-refractivity contribution in [1.29, 1.82) is 0 Å². The fourth-order valence-corrected chi connectivity index (χ4v) is 4.56. The van der Waals surface area contributed by atoms with E-state index in [4.69, 9.17) is 9.47 Å². The van der Waals surface area contributed by atoms with Gasteiger partial charge in [0.25, 0.3) is 0 Å². The van der Waals surface area contributed by atoms with E-state index >= 15 is 0 Å². The Kier molecular flexibility index (Phi) is 8.85. The molecule has 1 saturated carbocycles. The first-order valence-corrected chi connectivity index (χ1v) is 8.46. The first-order valence-electron chi connectivity index (χ1n) is 8.46. The fraction of sp³-hybridized carbons (Fsp3) is 1.00. The van der Waals surface area contributed by atoms with E-state index in [1.54, 1.807) is 0 Å². The van der Waals surface area contributed by atoms with Crippen LogP contribution >= 0.6 is 0 Å². The monoisotopic (exact) mass is 538 g/mol. The lowest BCUT2D eigenvalue weighted by Crippen LogP contribution is -3.00. The van der Waals surface area contributed by atoms with E-state index in [0.29, 0.717) is 0 Å². The molecule has 0 amide bonds. The van der Waals surface area contributed by atoms with E-state index in [-0.39, 0.29) is 48.0 Å². The van der Waals surface area contributed by atoms with Crippen molar-refractivity contribution < 1.29 is 66.4 Å². The molecule has 0 atom stereocenters. The van der Waals surface area contributed by atoms with Gasteiger partial charge in [0.15, 0.2) is 0 Å². The van der Waals surface area contributed by atoms with Gasteiger partial charge in [-0.2, -0.15) is 0 Å². The van der Waals surface area contributed by atoms with E-state index in [0.717, 1.165) is 38.5 Å². The predicted molar refractivity (Wildman–Crippen MR) is 79.5 cm³/mol. The highest BCUT2D eigenvalue weighted by Crippen LogP contribution is 2.33. The van der Waals surface area contributed by atoms with Gasteiger partial charge in [-0.1, -0.05) is 0 Å². The number of quaternary nitrogens is 2. The summed E-state index contributed by atoms with van der Waals surface area (Å²) in [5.41, 5.74) is 0. The van der Waals surface area contributed by atoms with Gasteiger partial charge in [-0.05, 0) is 0 Å². The molecule has 0 aromatic carbocycles. The lowest BCUT2D eigenvalue weighted by atomic mass is 9.86. The summed E-state index contributed by atoms with van der Waals surface area (Å²) >= 11 is 0. The minimum absolute atomic E-state index is 0. The summed E-state index contributed by atoms with van der Waals surface area (Å²) in [7, 11) is 4.91. The molecule has 132 valence electrons. The van der Waals surface area contributed by atoms with Crippen LogP contribution in [0.4, 0.5) is 0 Å². The van der Waals surface area contributed by atoms with Crippen LogP contribution < -0.4 is 48.0 Å². The van der Waals surface area contributed by atoms with Crippen molar-refractivity contribution in [2.24, 2.45) is 0 Å². The summed E-state index contributed by atoms with van der Waals surface area (Å²) in [6.45, 7) is 8.71. The highest BCUT2D eigenvalue weighted by atomic mass is 127. The van der Waals surface area contributed by atoms with Gasteiger partial charge >= 0.3 is 0 Å². The van der Waals surface area contributed by atoms with Crippen molar-refractivity contribution >= 4 is 0 Å². The molecular weight excluding hydrogens is 506 g/mol. The summed E-state index contributed by atoms with van der Waals surface area (Å²) in [5.74, 6) is 0. The molecule has 0 bridgehead atoms. The Hall–Kier alpha value is 1.30. The number of hydrogen-bond donors (Lipinski definition) is 0. The molecule has 3 fully saturated rings. The summed E-state index contributed by atoms with van der Waals surface area (Å²) in [4.78, 5) is 0. The zero-order valence-electron chi connectivity index (χ0n) is 14.1. The molecule has 0 aromatic rings. The van der Waals surface area contributed by atoms with Gasteiger partial charge in [-0.3, -0.25) is 0 Å². The maximum Gasteiger partial charge on any atom is 0.102 e. The van der Waals surface area contributed by atoms with Crippen molar-refractivity contribution in [2.45, 2.75) is 37.8 Å². The fourth-order valence-electron chi connectivity index (χ4n) is 4.56. The van der Waals surface area contributed by atoms with Crippen LogP contribution in [-0.2, 0) is 9.47 Å². The molecule has 0 aromatic heterocycles. The third kappa shape index (κ3) is 4.68. The molecule has 4 nitrogen and oxygen atoms in total. The highest BCUT2D eigenvalue weighted by molar-refractivity contribution is 4.76. The van der Waals surface area contributed by atoms with E-state index in [9.17, 15) is 0 Å². The third-order valence-electron chi connectivity index (χ3n) is 6.42. The smallest absolute Gasteiger partial charge is 0.102 e. The molecule has 22 heavy (non-hydrogen) atoms. The predicted octanol–water partition coefficient (Wildman–Crippen LogP) is -4.74. The number of rotatable bonds is 2. The molecule has 6 heteroatoms. The molecule has 2 heterocycles. The van der Waals surface area contributed by atoms with Crippen LogP contribution in [0.5, 0.6) is 0 Å². The first-order chi connectivity index (χ1) is 9.62. The topological polar surface area (TPSA) is 18.5 Å². The Morgan fingerprint density at radius 1 is 0.591 bits per heavy atom. The largest absolute Gasteiger partial charge is 1.00 e. The quantitative estimate of drug-likeness (QED) is 0.260. The molecule has 3 aliphatic rings. The maximum absolute atomic E-state index is 5.56. The highest BCUT2D eigenvalue weighted by Gasteiger charge is 2.42. The average Bonchev–Trinajstić information content (AvgIpc) is 2.49. The number of morpholine rings is 2. The van der Waals surface area contributed by atoms with Crippen molar-refractivity contribution in [3.63, 3.8) is 0 Å². The van der Waals surface area contributed by atoms with Crippen molar-refractivity contribution in [1.82, 2.24) is 0 Å². The lowest BCUT2D eigenvalue weighted by Gasteiger charge is -2.50. The molecular formula is C16H32I2N2O2. The zero-order valence-corrected chi connectivity index (χ0v) is 18.4. The van der Waals surface area contributed by atoms with Gasteiger partial charge in [-0.25, -0.2) is 0 Å². The summed E-state index contributed by atoms with van der Waals surface area (Å²) in [6.07, 6.45) is 5.65. The van der Waals surface area contributed by atoms with Crippen LogP contribution in [0.3, 0.4) is 0 Å². The second kappa shape index (κ2) is 9.12. The molecule has 0 radical (unpaired) electrons. The summed E-state index contributed by atoms with van der Waals surface area (Å²) in [5, 5.41) is 0. The third-order valence-corrected chi connectivity index (χ3v) is 6.42. The van der Waals surface area contributed by atoms with E-state index in [2.05, 4.69) is 14.1 Å². The van der Waals surface area contributed by atoms with Crippen molar-refractivity contribution in [3.05, 3.63) is 0 Å². The normalized spacial score (nSPS) is 34.1. The number of ether oxygens (including phenoxy) is 2. The maximum atomic E-state index is 5.56. The summed E-state index contributed by atoms with van der Waals surface area (Å²) < 4.78 is 13.6. The van der Waals surface area contributed by atoms with Gasteiger partial charge in [-0.15, -0.1) is 0 Å². The van der Waals surface area contributed by atoms with E-state index in [1.807, 2.05) is 0 Å². The molecule has 1 aliphatic carbocycles. The Balaban J connectivity index is 0.00000121. The lowest BCUT2D eigenvalue weighted by molar-refractivity contribution is -0.955. The molecule has 0 unspecified atom stereocenters. The standard InChI is InChI=1S/C16H32N2O2.2HI/c1-17(7-11-19-12-8-17)15-3-5-16(6-4-15)18(2)9-13-20-14-10-18;;/h15-16H,3-14H2,1-2H3;2*1H/q+2;;/p-2/t15-,16-;;. The van der Waals surface area contributed by atoms with Crippen LogP contribution in [0.15, 0.2) is 0 Å². The van der Waals surface area contributed by atoms with Crippen molar-refractivity contribution in [3.8, 4) is 0 Å². The Morgan fingerprint density at radius 3 is 1.14 bits per heavy atom. The Labute approximate surface area is 170 Å². The van der Waals surface area contributed by atoms with Gasteiger partial charge in [0.05, 0.1) is 52.6 Å². The minimum Gasteiger partial charge on any atom is -1.00 e. The average molecular weight is 538 g/mol. The van der Waals surface area contributed by atoms with Crippen molar-refractivity contribution in [2.75, 3.05) is 66.7 Å². The SMILES string of the molecule is C[N+]1([C@H]2CC[C@H]([N+]3(C)CCOCC3)CC2)CCOCC1.[I-].[I-]. The van der Waals surface area contributed by atoms with Crippen LogP contribution in [-0.4, -0.2) is 87.8 Å². The molecule has 0 spiro atoms. The minimum atomic E-state index is 0. The first kappa shape index (κ1) is 21.3. The van der Waals surface area contributed by atoms with Gasteiger partial charge in [0, 0.05) is 25.7 Å². The van der Waals surface area contributed by atoms with Gasteiger partial charge < -0.3 is 66.4 Å². The van der Waals surface area contributed by atoms with Crippen LogP contribution in [0.1, 0.15) is 25.7 Å². The van der Waals surface area contributed by atoms with E-state index in [1.165, 1.54) is 60.8 Å². The summed E-state index contributed by atoms with van der Waals surface area (Å²) in [6, 6.07) is 1.76. The molecule has 3 rings (SSSR count). The van der Waals surface area contributed by atoms with Crippen LogP contribution in [0.25, 0.3) is 0 Å². The second-order valence-corrected chi connectivity index (χ2v) is 7.54. The molecule has 0 N–H and O–H groups in total. The number of halogens is 2. The van der Waals surface area contributed by atoms with Crippen LogP contribution in [0, 0.1) is 0 Å². The van der Waals surface area contributed by atoms with Crippen LogP contribution in [0.2, 0.25) is 0 Å². The number of hydrogen-bond acceptors (Lipinski definition) is 2. The van der Waals surface area contributed by atoms with E-state index < -0.39 is 0 Å². The Morgan fingerprint density at radius 2 is 0.864 bits per heavy atom. The molecule has 2 saturated heterocycles. The number of likely N-dealkylation sites (N-methyl/N-ethyl adjacent to an activating group) is 2. The molecule has 2 aliphatic heterocycles. The number of nitrogens with zero attached hydrogens (tertiary/aromatic N) is 2. The Bertz CT molecular complexity index is 292. The second-order valence-electron chi connectivity index (χ2n) is 7.54.